The third kappa shape index (κ3) is 2.28. The lowest BCUT2D eigenvalue weighted by Gasteiger charge is -2.06. The van der Waals surface area contributed by atoms with Crippen LogP contribution in [-0.2, 0) is 16.6 Å². The maximum absolute atomic E-state index is 12.1. The number of hydrogen-bond donors (Lipinski definition) is 3. The molecule has 0 amide bonds. The molecule has 0 saturated heterocycles. The van der Waals surface area contributed by atoms with E-state index in [-0.39, 0.29) is 23.1 Å². The molecule has 0 spiro atoms. The molecule has 18 heavy (non-hydrogen) atoms. The van der Waals surface area contributed by atoms with Crippen molar-refractivity contribution in [2.45, 2.75) is 18.4 Å². The Morgan fingerprint density at radius 1 is 1.44 bits per heavy atom. The molecule has 0 atom stereocenters. The van der Waals surface area contributed by atoms with E-state index in [0.717, 1.165) is 0 Å². The van der Waals surface area contributed by atoms with Crippen LogP contribution in [0.25, 0.3) is 0 Å². The summed E-state index contributed by atoms with van der Waals surface area (Å²) in [6.07, 6.45) is 2.67. The Labute approximate surface area is 103 Å². The first kappa shape index (κ1) is 12.4. The number of sulfonamides is 1. The fraction of sp³-hybridized carbons (Fsp3) is 0.250. The normalized spacial score (nSPS) is 11.4. The van der Waals surface area contributed by atoms with Crippen LogP contribution < -0.4 is 10.5 Å². The predicted molar refractivity (Wildman–Crippen MR) is 61.9 cm³/mol. The molecule has 0 aliphatic rings. The minimum Gasteiger partial charge on any atom is -0.325 e. The Morgan fingerprint density at radius 2 is 2.22 bits per heavy atom. The molecule has 0 aliphatic heterocycles. The molecule has 0 saturated carbocycles. The highest BCUT2D eigenvalue weighted by molar-refractivity contribution is 7.92. The van der Waals surface area contributed by atoms with E-state index >= 15 is 0 Å². The minimum absolute atomic E-state index is 0.00841. The van der Waals surface area contributed by atoms with Gasteiger partial charge >= 0.3 is 0 Å². The van der Waals surface area contributed by atoms with Crippen LogP contribution in [0.5, 0.6) is 0 Å². The predicted octanol–water partition coefficient (Wildman–Crippen LogP) is -0.837. The molecule has 0 bridgehead atoms. The molecule has 2 rings (SSSR count). The fourth-order valence-electron chi connectivity index (χ4n) is 1.43. The molecule has 4 N–H and O–H groups in total. The molecule has 2 aromatic heterocycles. The van der Waals surface area contributed by atoms with Gasteiger partial charge in [0.1, 0.15) is 4.90 Å². The van der Waals surface area contributed by atoms with Crippen molar-refractivity contribution < 1.29 is 8.42 Å². The molecule has 0 aliphatic carbocycles. The topological polar surface area (TPSA) is 140 Å². The highest BCUT2D eigenvalue weighted by atomic mass is 32.2. The monoisotopic (exact) mass is 269 g/mol. The fourth-order valence-corrected chi connectivity index (χ4v) is 2.75. The number of aromatic nitrogens is 5. The summed E-state index contributed by atoms with van der Waals surface area (Å²) in [5, 5.41) is 13.5. The Morgan fingerprint density at radius 3 is 2.83 bits per heavy atom. The molecule has 2 heterocycles. The summed E-state index contributed by atoms with van der Waals surface area (Å²) in [6, 6.07) is 0. The van der Waals surface area contributed by atoms with Gasteiger partial charge in [-0.3, -0.25) is 5.10 Å². The number of nitrogens with one attached hydrogen (secondary N) is 2. The largest absolute Gasteiger partial charge is 0.325 e. The van der Waals surface area contributed by atoms with Crippen molar-refractivity contribution in [2.75, 3.05) is 4.72 Å². The van der Waals surface area contributed by atoms with Crippen LogP contribution in [0.15, 0.2) is 17.3 Å². The molecule has 0 radical (unpaired) electrons. The van der Waals surface area contributed by atoms with Crippen molar-refractivity contribution in [1.29, 1.82) is 0 Å². The summed E-state index contributed by atoms with van der Waals surface area (Å²) in [7, 11) is -3.83. The number of rotatable bonds is 4. The van der Waals surface area contributed by atoms with Crippen LogP contribution in [0.3, 0.4) is 0 Å². The van der Waals surface area contributed by atoms with E-state index in [9.17, 15) is 8.42 Å². The molecular formula is C8H11N7O2S. The first-order chi connectivity index (χ1) is 8.54. The van der Waals surface area contributed by atoms with Gasteiger partial charge in [0.15, 0.2) is 0 Å². The lowest BCUT2D eigenvalue weighted by molar-refractivity contribution is 0.599. The van der Waals surface area contributed by atoms with E-state index in [4.69, 9.17) is 5.73 Å². The summed E-state index contributed by atoms with van der Waals surface area (Å²) in [5.74, 6) is -0.110. The Hall–Kier alpha value is -2.07. The van der Waals surface area contributed by atoms with E-state index < -0.39 is 10.0 Å². The zero-order valence-corrected chi connectivity index (χ0v) is 10.3. The van der Waals surface area contributed by atoms with Gasteiger partial charge in [-0.05, 0) is 6.92 Å². The van der Waals surface area contributed by atoms with E-state index in [0.29, 0.717) is 5.69 Å². The van der Waals surface area contributed by atoms with Gasteiger partial charge in [0.05, 0.1) is 23.8 Å². The van der Waals surface area contributed by atoms with E-state index in [1.165, 1.54) is 12.4 Å². The zero-order valence-electron chi connectivity index (χ0n) is 9.45. The average molecular weight is 269 g/mol. The SMILES string of the molecule is Cc1[nH]nc(CN)c1S(=O)(=O)Nc1nccnn1. The van der Waals surface area contributed by atoms with Crippen molar-refractivity contribution in [3.05, 3.63) is 23.8 Å². The second-order valence-corrected chi connectivity index (χ2v) is 5.02. The molecule has 2 aromatic rings. The molecule has 10 heteroatoms. The zero-order chi connectivity index (χ0) is 13.2. The van der Waals surface area contributed by atoms with Crippen molar-refractivity contribution in [3.8, 4) is 0 Å². The van der Waals surface area contributed by atoms with E-state index in [1.807, 2.05) is 0 Å². The third-order valence-electron chi connectivity index (χ3n) is 2.13. The van der Waals surface area contributed by atoms with E-state index in [1.54, 1.807) is 6.92 Å². The van der Waals surface area contributed by atoms with E-state index in [2.05, 4.69) is 30.1 Å². The maximum Gasteiger partial charge on any atom is 0.267 e. The smallest absolute Gasteiger partial charge is 0.267 e. The van der Waals surface area contributed by atoms with Crippen molar-refractivity contribution >= 4 is 16.0 Å². The summed E-state index contributed by atoms with van der Waals surface area (Å²) < 4.78 is 26.5. The van der Waals surface area contributed by atoms with Crippen LogP contribution >= 0.6 is 0 Å². The lowest BCUT2D eigenvalue weighted by Crippen LogP contribution is -2.18. The van der Waals surface area contributed by atoms with Crippen molar-refractivity contribution in [1.82, 2.24) is 25.4 Å². The number of aromatic amines is 1. The second-order valence-electron chi connectivity index (χ2n) is 3.40. The summed E-state index contributed by atoms with van der Waals surface area (Å²) in [6.45, 7) is 1.60. The molecule has 96 valence electrons. The summed E-state index contributed by atoms with van der Waals surface area (Å²) in [4.78, 5) is 3.74. The Bertz CT molecular complexity index is 637. The lowest BCUT2D eigenvalue weighted by atomic mass is 10.4. The average Bonchev–Trinajstić information content (AvgIpc) is 2.72. The first-order valence-corrected chi connectivity index (χ1v) is 6.43. The maximum atomic E-state index is 12.1. The summed E-state index contributed by atoms with van der Waals surface area (Å²) >= 11 is 0. The number of anilines is 1. The van der Waals surface area contributed by atoms with Gasteiger partial charge in [-0.25, -0.2) is 18.1 Å². The highest BCUT2D eigenvalue weighted by Gasteiger charge is 2.24. The van der Waals surface area contributed by atoms with Crippen molar-refractivity contribution in [2.24, 2.45) is 5.73 Å². The molecule has 0 aromatic carbocycles. The number of nitrogens with zero attached hydrogens (tertiary/aromatic N) is 4. The summed E-state index contributed by atoms with van der Waals surface area (Å²) in [5.41, 5.74) is 6.08. The van der Waals surface area contributed by atoms with Crippen molar-refractivity contribution in [3.63, 3.8) is 0 Å². The van der Waals surface area contributed by atoms with Crippen LogP contribution in [0, 0.1) is 6.92 Å². The van der Waals surface area contributed by atoms with Gasteiger partial charge in [0, 0.05) is 6.54 Å². The van der Waals surface area contributed by atoms with Gasteiger partial charge in [0.2, 0.25) is 0 Å². The third-order valence-corrected chi connectivity index (χ3v) is 3.66. The molecule has 0 unspecified atom stereocenters. The molecular weight excluding hydrogens is 258 g/mol. The van der Waals surface area contributed by atoms with Gasteiger partial charge in [-0.2, -0.15) is 10.2 Å². The Kier molecular flexibility index (Phi) is 3.21. The van der Waals surface area contributed by atoms with Gasteiger partial charge < -0.3 is 5.73 Å². The quantitative estimate of drug-likeness (QED) is 0.657. The van der Waals surface area contributed by atoms with Crippen LogP contribution in [0.4, 0.5) is 5.95 Å². The standard InChI is InChI=1S/C8H11N7O2S/c1-5-7(6(4-9)13-12-5)18(16,17)15-8-10-2-3-11-14-8/h2-3H,4,9H2,1H3,(H,12,13)(H,10,14,15). The number of hydrogen-bond acceptors (Lipinski definition) is 7. The number of aryl methyl sites for hydroxylation is 1. The number of H-pyrrole nitrogens is 1. The minimum atomic E-state index is -3.83. The van der Waals surface area contributed by atoms with Crippen LogP contribution in [-0.4, -0.2) is 33.8 Å². The van der Waals surface area contributed by atoms with Crippen LogP contribution in [0.2, 0.25) is 0 Å². The van der Waals surface area contributed by atoms with Crippen LogP contribution in [0.1, 0.15) is 11.4 Å². The Balaban J connectivity index is 2.40. The molecule has 9 nitrogen and oxygen atoms in total. The second kappa shape index (κ2) is 4.66. The molecule has 0 fully saturated rings. The van der Waals surface area contributed by atoms with Gasteiger partial charge in [0.25, 0.3) is 16.0 Å². The van der Waals surface area contributed by atoms with Gasteiger partial charge in [-0.1, -0.05) is 0 Å². The number of nitrogens with two attached hydrogens (primary N) is 1. The first-order valence-electron chi connectivity index (χ1n) is 4.95. The highest BCUT2D eigenvalue weighted by Crippen LogP contribution is 2.19. The van der Waals surface area contributed by atoms with Gasteiger partial charge in [-0.15, -0.1) is 5.10 Å².